The van der Waals surface area contributed by atoms with E-state index in [2.05, 4.69) is 73.3 Å². The highest BCUT2D eigenvalue weighted by atomic mass is 32.2. The van der Waals surface area contributed by atoms with Crippen molar-refractivity contribution >= 4 is 30.3 Å². The number of allylic oxidation sites excluding steroid dienone is 4. The van der Waals surface area contributed by atoms with Crippen molar-refractivity contribution in [1.29, 1.82) is 0 Å². The molecule has 2 saturated heterocycles. The van der Waals surface area contributed by atoms with E-state index in [1.54, 1.807) is 19.3 Å². The van der Waals surface area contributed by atoms with Crippen molar-refractivity contribution in [3.05, 3.63) is 47.0 Å². The second-order valence-corrected chi connectivity index (χ2v) is 14.4. The predicted octanol–water partition coefficient (Wildman–Crippen LogP) is 3.33. The lowest BCUT2D eigenvalue weighted by Gasteiger charge is -2.51. The van der Waals surface area contributed by atoms with E-state index < -0.39 is 9.71 Å². The number of piperazine rings is 1. The van der Waals surface area contributed by atoms with Gasteiger partial charge in [0, 0.05) is 86.5 Å². The lowest BCUT2D eigenvalue weighted by Crippen LogP contribution is -2.62. The number of likely N-dealkylation sites (N-methyl/N-ethyl adjacent to an activating group) is 1. The molecule has 0 aromatic rings. The molecule has 2 fully saturated rings. The molecule has 5 atom stereocenters. The van der Waals surface area contributed by atoms with E-state index in [0.717, 1.165) is 63.3 Å². The summed E-state index contributed by atoms with van der Waals surface area (Å²) in [5, 5.41) is 9.58. The van der Waals surface area contributed by atoms with Crippen molar-refractivity contribution in [2.75, 3.05) is 46.0 Å². The molecule has 3 aliphatic rings. The average Bonchev–Trinajstić information content (AvgIpc) is 2.84. The van der Waals surface area contributed by atoms with Crippen LogP contribution in [0.5, 0.6) is 0 Å². The summed E-state index contributed by atoms with van der Waals surface area (Å²) in [6.07, 6.45) is 13.4. The van der Waals surface area contributed by atoms with Gasteiger partial charge in [0.2, 0.25) is 0 Å². The molecular formula is C29H50N5O3PS. The van der Waals surface area contributed by atoms with Gasteiger partial charge in [-0.25, -0.2) is 4.21 Å². The molecular weight excluding hydrogens is 529 g/mol. The summed E-state index contributed by atoms with van der Waals surface area (Å²) >= 11 is 0. The van der Waals surface area contributed by atoms with Crippen molar-refractivity contribution in [3.63, 3.8) is 0 Å². The molecule has 3 heterocycles. The second kappa shape index (κ2) is 13.8. The fourth-order valence-corrected chi connectivity index (χ4v) is 7.27. The number of carbonyl (C=O) groups excluding carboxylic acids is 1. The van der Waals surface area contributed by atoms with Gasteiger partial charge in [0.15, 0.2) is 0 Å². The largest absolute Gasteiger partial charge is 0.513 e. The zero-order valence-corrected chi connectivity index (χ0v) is 26.7. The number of nitrogens with one attached hydrogen (secondary N) is 1. The Labute approximate surface area is 239 Å². The quantitative estimate of drug-likeness (QED) is 0.178. The van der Waals surface area contributed by atoms with E-state index in [9.17, 15) is 14.1 Å². The zero-order chi connectivity index (χ0) is 28.9. The van der Waals surface area contributed by atoms with E-state index in [0.29, 0.717) is 18.5 Å². The number of aliphatic hydroxyl groups is 1. The molecule has 0 radical (unpaired) electrons. The van der Waals surface area contributed by atoms with Crippen LogP contribution in [0.2, 0.25) is 0 Å². The summed E-state index contributed by atoms with van der Waals surface area (Å²) < 4.78 is 15.2. The van der Waals surface area contributed by atoms with Gasteiger partial charge < -0.3 is 14.7 Å². The summed E-state index contributed by atoms with van der Waals surface area (Å²) in [7, 11) is 2.10. The standard InChI is InChI=1S/C29H50N5O3PS/c1-8-25-20-33(29-22(3)17-24(19-31(29)5)30-39(6,7)37)15-16-34(25)26-11-13-32(14-12-26)27(18-28(36)38)21(2)9-10-23(4)35/h9-10,17,19,25-27,29,35H,6,8,11-16,18,20,38H2,1-5,7H3,(H,30,37)/b21-9+,23-10+. The zero-order valence-electron chi connectivity index (χ0n) is 24.7. The van der Waals surface area contributed by atoms with Crippen molar-refractivity contribution in [2.45, 2.75) is 77.7 Å². The number of likely N-dealkylation sites (tertiary alicyclic amines) is 1. The molecule has 10 heteroatoms. The maximum absolute atomic E-state index is 12.2. The van der Waals surface area contributed by atoms with Crippen LogP contribution in [0.25, 0.3) is 0 Å². The topological polar surface area (TPSA) is 79.4 Å². The first kappa shape index (κ1) is 31.9. The number of nitrogens with zero attached hydrogens (tertiary/aromatic N) is 4. The van der Waals surface area contributed by atoms with Crippen LogP contribution in [0.1, 0.15) is 53.4 Å². The summed E-state index contributed by atoms with van der Waals surface area (Å²) in [5.41, 5.74) is 3.32. The van der Waals surface area contributed by atoms with E-state index in [1.807, 2.05) is 12.3 Å². The van der Waals surface area contributed by atoms with Gasteiger partial charge in [-0.3, -0.25) is 19.5 Å². The minimum atomic E-state index is -2.32. The molecule has 220 valence electrons. The van der Waals surface area contributed by atoms with E-state index in [-0.39, 0.29) is 23.5 Å². The average molecular weight is 580 g/mol. The van der Waals surface area contributed by atoms with Crippen LogP contribution in [0.3, 0.4) is 0 Å². The maximum Gasteiger partial charge on any atom is 0.150 e. The second-order valence-electron chi connectivity index (χ2n) is 11.6. The number of carbonyl (C=O) groups is 1. The maximum atomic E-state index is 12.2. The Morgan fingerprint density at radius 3 is 2.46 bits per heavy atom. The van der Waals surface area contributed by atoms with Gasteiger partial charge in [-0.1, -0.05) is 27.8 Å². The Balaban J connectivity index is 1.63. The van der Waals surface area contributed by atoms with Crippen LogP contribution in [0.15, 0.2) is 47.0 Å². The van der Waals surface area contributed by atoms with E-state index in [1.165, 1.54) is 5.57 Å². The van der Waals surface area contributed by atoms with Gasteiger partial charge in [-0.2, -0.15) is 0 Å². The smallest absolute Gasteiger partial charge is 0.150 e. The molecule has 5 unspecified atom stereocenters. The summed E-state index contributed by atoms with van der Waals surface area (Å²) in [6, 6.07) is 1.12. The molecule has 8 nitrogen and oxygen atoms in total. The molecule has 0 amide bonds. The molecule has 0 bridgehead atoms. The Morgan fingerprint density at radius 1 is 1.26 bits per heavy atom. The molecule has 0 aromatic heterocycles. The Kier molecular flexibility index (Phi) is 11.3. The van der Waals surface area contributed by atoms with Gasteiger partial charge in [-0.15, -0.1) is 0 Å². The van der Waals surface area contributed by atoms with Crippen LogP contribution >= 0.6 is 9.24 Å². The Bertz CT molecular complexity index is 1100. The minimum Gasteiger partial charge on any atom is -0.513 e. The molecule has 0 saturated carbocycles. The normalized spacial score (nSPS) is 27.5. The highest BCUT2D eigenvalue weighted by Gasteiger charge is 2.37. The Morgan fingerprint density at radius 2 is 1.92 bits per heavy atom. The van der Waals surface area contributed by atoms with Gasteiger partial charge in [0.25, 0.3) is 0 Å². The van der Waals surface area contributed by atoms with Gasteiger partial charge in [0.1, 0.15) is 11.7 Å². The SMILES string of the molecule is C=S(C)(=O)NC1=CN(C)C(N2CCN(C3CCN(C(CC(=O)P)/C(C)=C/C=C(\C)O)CC3)C(CC)C2)C(C)=C1. The lowest BCUT2D eigenvalue weighted by molar-refractivity contribution is -0.112. The number of aliphatic hydroxyl groups excluding tert-OH is 1. The molecule has 3 aliphatic heterocycles. The predicted molar refractivity (Wildman–Crippen MR) is 168 cm³/mol. The number of hydrogen-bond acceptors (Lipinski definition) is 7. The highest BCUT2D eigenvalue weighted by molar-refractivity contribution is 7.97. The van der Waals surface area contributed by atoms with Crippen molar-refractivity contribution in [2.24, 2.45) is 0 Å². The van der Waals surface area contributed by atoms with Crippen LogP contribution < -0.4 is 4.72 Å². The van der Waals surface area contributed by atoms with E-state index in [4.69, 9.17) is 0 Å². The van der Waals surface area contributed by atoms with E-state index >= 15 is 0 Å². The molecule has 2 N–H and O–H groups in total. The first-order valence-electron chi connectivity index (χ1n) is 14.1. The van der Waals surface area contributed by atoms with Crippen LogP contribution in [0.4, 0.5) is 0 Å². The summed E-state index contributed by atoms with van der Waals surface area (Å²) in [5.74, 6) is 4.00. The van der Waals surface area contributed by atoms with Crippen molar-refractivity contribution in [1.82, 2.24) is 24.3 Å². The number of piperidine rings is 1. The van der Waals surface area contributed by atoms with Crippen LogP contribution in [0, 0.1) is 0 Å². The minimum absolute atomic E-state index is 0.0685. The third kappa shape index (κ3) is 8.92. The van der Waals surface area contributed by atoms with Gasteiger partial charge in [-0.05, 0) is 63.6 Å². The molecule has 0 aromatic carbocycles. The molecule has 3 rings (SSSR count). The first-order valence-corrected chi connectivity index (χ1v) is 16.8. The fourth-order valence-electron chi connectivity index (χ4n) is 6.44. The molecule has 0 spiro atoms. The summed E-state index contributed by atoms with van der Waals surface area (Å²) in [4.78, 5) is 22.0. The van der Waals surface area contributed by atoms with Crippen molar-refractivity contribution in [3.8, 4) is 0 Å². The number of hydrogen-bond donors (Lipinski definition) is 2. The van der Waals surface area contributed by atoms with Gasteiger partial charge in [0.05, 0.1) is 11.5 Å². The molecule has 0 aliphatic carbocycles. The van der Waals surface area contributed by atoms with Crippen molar-refractivity contribution < 1.29 is 14.1 Å². The third-order valence-corrected chi connectivity index (χ3v) is 9.05. The number of rotatable bonds is 10. The summed E-state index contributed by atoms with van der Waals surface area (Å²) in [6.45, 7) is 13.2. The third-order valence-electron chi connectivity index (χ3n) is 8.15. The van der Waals surface area contributed by atoms with Gasteiger partial charge >= 0.3 is 0 Å². The fraction of sp³-hybridized carbons (Fsp3) is 0.655. The first-order chi connectivity index (χ1) is 18.3. The highest BCUT2D eigenvalue weighted by Crippen LogP contribution is 2.30. The van der Waals surface area contributed by atoms with Crippen LogP contribution in [-0.4, -0.2) is 111 Å². The molecule has 39 heavy (non-hydrogen) atoms. The lowest BCUT2D eigenvalue weighted by atomic mass is 9.94. The Hall–Kier alpha value is -1.64. The monoisotopic (exact) mass is 579 g/mol. The van der Waals surface area contributed by atoms with Crippen LogP contribution in [-0.2, 0) is 14.5 Å².